The van der Waals surface area contributed by atoms with E-state index in [9.17, 15) is 9.59 Å². The lowest BCUT2D eigenvalue weighted by atomic mass is 10.1. The molecular formula is C20H21ClN4O2S. The van der Waals surface area contributed by atoms with E-state index in [0.717, 1.165) is 31.6 Å². The molecule has 8 heteroatoms. The summed E-state index contributed by atoms with van der Waals surface area (Å²) in [6.45, 7) is 3.72. The highest BCUT2D eigenvalue weighted by molar-refractivity contribution is 7.20. The van der Waals surface area contributed by atoms with Gasteiger partial charge < -0.3 is 14.8 Å². The van der Waals surface area contributed by atoms with Crippen LogP contribution in [0.5, 0.6) is 0 Å². The largest absolute Gasteiger partial charge is 0.370 e. The molecule has 1 amide bonds. The van der Waals surface area contributed by atoms with Crippen LogP contribution in [-0.4, -0.2) is 28.5 Å². The van der Waals surface area contributed by atoms with Crippen LogP contribution in [0.4, 0.5) is 11.4 Å². The zero-order chi connectivity index (χ0) is 19.8. The van der Waals surface area contributed by atoms with E-state index in [1.54, 1.807) is 20.0 Å². The molecule has 3 aromatic rings. The van der Waals surface area contributed by atoms with Gasteiger partial charge in [-0.05, 0) is 49.9 Å². The highest BCUT2D eigenvalue weighted by atomic mass is 35.5. The number of aromatic nitrogens is 2. The van der Waals surface area contributed by atoms with E-state index in [1.807, 2.05) is 12.1 Å². The lowest BCUT2D eigenvalue weighted by Crippen LogP contribution is -2.30. The highest BCUT2D eigenvalue weighted by Crippen LogP contribution is 2.33. The van der Waals surface area contributed by atoms with Crippen molar-refractivity contribution in [2.45, 2.75) is 26.2 Å². The summed E-state index contributed by atoms with van der Waals surface area (Å²) in [5.74, 6) is -0.247. The van der Waals surface area contributed by atoms with Crippen molar-refractivity contribution in [1.29, 1.82) is 0 Å². The number of thiophene rings is 1. The number of halogens is 1. The summed E-state index contributed by atoms with van der Waals surface area (Å²) in [6.07, 6.45) is 4.99. The minimum absolute atomic E-state index is 0.144. The first-order chi connectivity index (χ1) is 13.5. The van der Waals surface area contributed by atoms with Gasteiger partial charge in [0.2, 0.25) is 0 Å². The molecule has 0 bridgehead atoms. The number of nitrogens with zero attached hydrogens (tertiary/aromatic N) is 3. The van der Waals surface area contributed by atoms with Crippen LogP contribution in [0.2, 0.25) is 5.02 Å². The minimum atomic E-state index is -0.247. The molecule has 4 rings (SSSR count). The number of rotatable bonds is 3. The molecule has 0 unspecified atom stereocenters. The van der Waals surface area contributed by atoms with Crippen LogP contribution < -0.4 is 15.8 Å². The Morgan fingerprint density at radius 1 is 1.25 bits per heavy atom. The highest BCUT2D eigenvalue weighted by Gasteiger charge is 2.21. The normalized spacial score (nSPS) is 14.5. The van der Waals surface area contributed by atoms with Crippen molar-refractivity contribution < 1.29 is 4.79 Å². The van der Waals surface area contributed by atoms with Crippen molar-refractivity contribution in [3.63, 3.8) is 0 Å². The van der Waals surface area contributed by atoms with E-state index in [2.05, 4.69) is 15.2 Å². The third-order valence-corrected chi connectivity index (χ3v) is 6.55. The summed E-state index contributed by atoms with van der Waals surface area (Å²) in [4.78, 5) is 33.1. The quantitative estimate of drug-likeness (QED) is 0.694. The number of aryl methyl sites for hydroxylation is 2. The van der Waals surface area contributed by atoms with Crippen molar-refractivity contribution in [1.82, 2.24) is 9.55 Å². The Hall–Kier alpha value is -2.38. The van der Waals surface area contributed by atoms with E-state index in [4.69, 9.17) is 11.6 Å². The lowest BCUT2D eigenvalue weighted by molar-refractivity contribution is 0.103. The van der Waals surface area contributed by atoms with Crippen molar-refractivity contribution in [3.8, 4) is 0 Å². The fraction of sp³-hybridized carbons (Fsp3) is 0.350. The van der Waals surface area contributed by atoms with Crippen LogP contribution in [0.1, 0.15) is 34.5 Å². The molecule has 0 spiro atoms. The third-order valence-electron chi connectivity index (χ3n) is 5.12. The Kier molecular flexibility index (Phi) is 5.12. The maximum absolute atomic E-state index is 13.0. The number of anilines is 2. The number of carbonyl (C=O) groups excluding carboxylic acids is 1. The molecule has 0 radical (unpaired) electrons. The van der Waals surface area contributed by atoms with Gasteiger partial charge in [0.05, 0.1) is 28.0 Å². The lowest BCUT2D eigenvalue weighted by Gasteiger charge is -2.30. The van der Waals surface area contributed by atoms with Gasteiger partial charge in [-0.1, -0.05) is 11.6 Å². The second-order valence-corrected chi connectivity index (χ2v) is 8.50. The summed E-state index contributed by atoms with van der Waals surface area (Å²) < 4.78 is 1.43. The fourth-order valence-electron chi connectivity index (χ4n) is 3.62. The third kappa shape index (κ3) is 3.40. The monoisotopic (exact) mass is 416 g/mol. The smallest absolute Gasteiger partial charge is 0.266 e. The Bertz CT molecular complexity index is 1120. The summed E-state index contributed by atoms with van der Waals surface area (Å²) in [5.41, 5.74) is 2.18. The molecule has 28 heavy (non-hydrogen) atoms. The second kappa shape index (κ2) is 7.56. The number of benzene rings is 1. The van der Waals surface area contributed by atoms with Crippen molar-refractivity contribution >= 4 is 50.4 Å². The van der Waals surface area contributed by atoms with Gasteiger partial charge in [0.15, 0.2) is 0 Å². The first-order valence-corrected chi connectivity index (χ1v) is 10.5. The SMILES string of the molecule is Cc1c(C(=O)Nc2cc(Cl)ccc2N2CCCCC2)sc2ncn(C)c(=O)c12. The van der Waals surface area contributed by atoms with Crippen molar-refractivity contribution in [2.75, 3.05) is 23.3 Å². The first-order valence-electron chi connectivity index (χ1n) is 9.26. The molecule has 1 saturated heterocycles. The van der Waals surface area contributed by atoms with Gasteiger partial charge in [0.1, 0.15) is 4.83 Å². The summed E-state index contributed by atoms with van der Waals surface area (Å²) in [6, 6.07) is 5.58. The molecule has 146 valence electrons. The summed E-state index contributed by atoms with van der Waals surface area (Å²) in [7, 11) is 1.66. The van der Waals surface area contributed by atoms with Gasteiger partial charge in [-0.2, -0.15) is 0 Å². The van der Waals surface area contributed by atoms with Crippen molar-refractivity contribution in [3.05, 3.63) is 50.3 Å². The number of nitrogens with one attached hydrogen (secondary N) is 1. The number of piperidine rings is 1. The van der Waals surface area contributed by atoms with Gasteiger partial charge in [0.25, 0.3) is 11.5 Å². The molecule has 6 nitrogen and oxygen atoms in total. The first kappa shape index (κ1) is 19.0. The number of fused-ring (bicyclic) bond motifs is 1. The van der Waals surface area contributed by atoms with E-state index in [1.165, 1.54) is 28.7 Å². The predicted octanol–water partition coefficient (Wildman–Crippen LogP) is 4.20. The Morgan fingerprint density at radius 2 is 2.00 bits per heavy atom. The van der Waals surface area contributed by atoms with Gasteiger partial charge in [-0.25, -0.2) is 4.98 Å². The Balaban J connectivity index is 1.70. The average Bonchev–Trinajstić information content (AvgIpc) is 3.03. The summed E-state index contributed by atoms with van der Waals surface area (Å²) in [5, 5.41) is 4.08. The second-order valence-electron chi connectivity index (χ2n) is 7.06. The number of carbonyl (C=O) groups is 1. The minimum Gasteiger partial charge on any atom is -0.370 e. The molecular weight excluding hydrogens is 396 g/mol. The molecule has 3 heterocycles. The van der Waals surface area contributed by atoms with Gasteiger partial charge >= 0.3 is 0 Å². The fourth-order valence-corrected chi connectivity index (χ4v) is 4.83. The van der Waals surface area contributed by atoms with Gasteiger partial charge in [0, 0.05) is 25.2 Å². The summed E-state index contributed by atoms with van der Waals surface area (Å²) >= 11 is 7.43. The molecule has 1 fully saturated rings. The molecule has 1 aromatic carbocycles. The Labute approximate surface area is 171 Å². The number of hydrogen-bond acceptors (Lipinski definition) is 5. The zero-order valence-electron chi connectivity index (χ0n) is 15.8. The van der Waals surface area contributed by atoms with Crippen LogP contribution in [0, 0.1) is 6.92 Å². The standard InChI is InChI=1S/C20H21ClN4O2S/c1-12-16-19(22-11-24(2)20(16)27)28-17(12)18(26)23-14-10-13(21)6-7-15(14)25-8-4-3-5-9-25/h6-7,10-11H,3-5,8-9H2,1-2H3,(H,23,26). The molecule has 0 aliphatic carbocycles. The van der Waals surface area contributed by atoms with Crippen LogP contribution >= 0.6 is 22.9 Å². The maximum Gasteiger partial charge on any atom is 0.266 e. The van der Waals surface area contributed by atoms with E-state index in [-0.39, 0.29) is 11.5 Å². The van der Waals surface area contributed by atoms with Crippen LogP contribution in [0.25, 0.3) is 10.2 Å². The van der Waals surface area contributed by atoms with E-state index < -0.39 is 0 Å². The molecule has 2 aromatic heterocycles. The van der Waals surface area contributed by atoms with Crippen LogP contribution in [0.3, 0.4) is 0 Å². The van der Waals surface area contributed by atoms with E-state index in [0.29, 0.717) is 31.4 Å². The van der Waals surface area contributed by atoms with Gasteiger partial charge in [-0.15, -0.1) is 11.3 Å². The zero-order valence-corrected chi connectivity index (χ0v) is 17.4. The Morgan fingerprint density at radius 3 is 2.75 bits per heavy atom. The maximum atomic E-state index is 13.0. The molecule has 0 saturated carbocycles. The molecule has 1 N–H and O–H groups in total. The van der Waals surface area contributed by atoms with Crippen LogP contribution in [0.15, 0.2) is 29.3 Å². The number of hydrogen-bond donors (Lipinski definition) is 1. The van der Waals surface area contributed by atoms with E-state index >= 15 is 0 Å². The van der Waals surface area contributed by atoms with Crippen molar-refractivity contribution in [2.24, 2.45) is 7.05 Å². The predicted molar refractivity (Wildman–Crippen MR) is 115 cm³/mol. The van der Waals surface area contributed by atoms with Gasteiger partial charge in [-0.3, -0.25) is 9.59 Å². The van der Waals surface area contributed by atoms with Crippen LogP contribution in [-0.2, 0) is 7.05 Å². The molecule has 0 atom stereocenters. The molecule has 1 aliphatic rings. The molecule has 1 aliphatic heterocycles. The number of amides is 1. The average molecular weight is 417 g/mol. The topological polar surface area (TPSA) is 67.2 Å².